The van der Waals surface area contributed by atoms with Crippen LogP contribution in [0.2, 0.25) is 0 Å². The normalized spacial score (nSPS) is 15.9. The summed E-state index contributed by atoms with van der Waals surface area (Å²) in [4.78, 5) is 6.86. The largest absolute Gasteiger partial charge is 0.356 e. The fourth-order valence-electron chi connectivity index (χ4n) is 3.19. The third-order valence-electron chi connectivity index (χ3n) is 5.02. The first kappa shape index (κ1) is 18.8. The average Bonchev–Trinajstić information content (AvgIpc) is 3.12. The van der Waals surface area contributed by atoms with E-state index in [9.17, 15) is 0 Å². The van der Waals surface area contributed by atoms with Crippen LogP contribution in [0.5, 0.6) is 0 Å². The number of hydrogen-bond donors (Lipinski definition) is 2. The molecular formula is C20H34N4. The van der Waals surface area contributed by atoms with Gasteiger partial charge in [0.1, 0.15) is 0 Å². The molecule has 0 amide bonds. The highest BCUT2D eigenvalue weighted by molar-refractivity contribution is 5.79. The summed E-state index contributed by atoms with van der Waals surface area (Å²) in [5, 5.41) is 6.84. The van der Waals surface area contributed by atoms with Crippen LogP contribution in [0.3, 0.4) is 0 Å². The van der Waals surface area contributed by atoms with Crippen molar-refractivity contribution in [2.75, 3.05) is 26.7 Å². The van der Waals surface area contributed by atoms with Gasteiger partial charge in [-0.25, -0.2) is 0 Å². The number of benzene rings is 1. The predicted octanol–water partition coefficient (Wildman–Crippen LogP) is 3.38. The molecule has 4 heteroatoms. The Kier molecular flexibility index (Phi) is 8.10. The van der Waals surface area contributed by atoms with Crippen LogP contribution in [0.1, 0.15) is 50.7 Å². The lowest BCUT2D eigenvalue weighted by atomic mass is 10.0. The van der Waals surface area contributed by atoms with E-state index in [4.69, 9.17) is 0 Å². The third kappa shape index (κ3) is 6.16. The summed E-state index contributed by atoms with van der Waals surface area (Å²) in [5.41, 5.74) is 2.71. The summed E-state index contributed by atoms with van der Waals surface area (Å²) >= 11 is 0. The van der Waals surface area contributed by atoms with Crippen molar-refractivity contribution < 1.29 is 0 Å². The van der Waals surface area contributed by atoms with Crippen LogP contribution in [0.15, 0.2) is 29.3 Å². The van der Waals surface area contributed by atoms with Crippen molar-refractivity contribution >= 4 is 5.96 Å². The molecule has 0 spiro atoms. The number of guanidine groups is 1. The lowest BCUT2D eigenvalue weighted by molar-refractivity contribution is 0.331. The Bertz CT molecular complexity index is 485. The Morgan fingerprint density at radius 3 is 2.25 bits per heavy atom. The number of likely N-dealkylation sites (tertiary alicyclic amines) is 1. The van der Waals surface area contributed by atoms with Crippen molar-refractivity contribution in [1.29, 1.82) is 0 Å². The van der Waals surface area contributed by atoms with Crippen LogP contribution in [0, 0.1) is 5.92 Å². The highest BCUT2D eigenvalue weighted by Crippen LogP contribution is 2.13. The first-order valence-electron chi connectivity index (χ1n) is 9.49. The molecule has 24 heavy (non-hydrogen) atoms. The van der Waals surface area contributed by atoms with Crippen molar-refractivity contribution in [2.45, 2.75) is 52.6 Å². The van der Waals surface area contributed by atoms with Gasteiger partial charge in [-0.15, -0.1) is 0 Å². The van der Waals surface area contributed by atoms with Crippen LogP contribution in [-0.2, 0) is 13.1 Å². The maximum absolute atomic E-state index is 4.32. The van der Waals surface area contributed by atoms with Crippen LogP contribution < -0.4 is 10.6 Å². The molecule has 1 aliphatic heterocycles. The molecule has 1 aromatic rings. The molecule has 0 radical (unpaired) electrons. The molecule has 1 saturated heterocycles. The summed E-state index contributed by atoms with van der Waals surface area (Å²) in [6, 6.07) is 8.98. The zero-order valence-electron chi connectivity index (χ0n) is 15.6. The van der Waals surface area contributed by atoms with Crippen LogP contribution in [0.25, 0.3) is 0 Å². The minimum Gasteiger partial charge on any atom is -0.356 e. The van der Waals surface area contributed by atoms with E-state index in [1.54, 1.807) is 0 Å². The molecule has 2 N–H and O–H groups in total. The molecule has 1 heterocycles. The standard InChI is InChI=1S/C20H34N4/c1-4-17(5-2)14-22-20(21-3)23-15-18-8-10-19(11-9-18)16-24-12-6-7-13-24/h8-11,17H,4-7,12-16H2,1-3H3,(H2,21,22,23). The summed E-state index contributed by atoms with van der Waals surface area (Å²) < 4.78 is 0. The van der Waals surface area contributed by atoms with Gasteiger partial charge in [0, 0.05) is 26.7 Å². The zero-order chi connectivity index (χ0) is 17.2. The molecule has 0 saturated carbocycles. The van der Waals surface area contributed by atoms with Gasteiger partial charge in [-0.2, -0.15) is 0 Å². The van der Waals surface area contributed by atoms with E-state index in [0.29, 0.717) is 5.92 Å². The fourth-order valence-corrected chi connectivity index (χ4v) is 3.19. The first-order valence-corrected chi connectivity index (χ1v) is 9.49. The predicted molar refractivity (Wildman–Crippen MR) is 103 cm³/mol. The Morgan fingerprint density at radius 1 is 1.04 bits per heavy atom. The fraction of sp³-hybridized carbons (Fsp3) is 0.650. The van der Waals surface area contributed by atoms with Gasteiger partial charge in [-0.1, -0.05) is 51.0 Å². The number of nitrogens with one attached hydrogen (secondary N) is 2. The van der Waals surface area contributed by atoms with Crippen LogP contribution in [-0.4, -0.2) is 37.5 Å². The summed E-state index contributed by atoms with van der Waals surface area (Å²) in [6.07, 6.45) is 5.12. The van der Waals surface area contributed by atoms with E-state index in [2.05, 4.69) is 58.6 Å². The van der Waals surface area contributed by atoms with Crippen molar-refractivity contribution in [3.8, 4) is 0 Å². The summed E-state index contributed by atoms with van der Waals surface area (Å²) in [7, 11) is 1.83. The van der Waals surface area contributed by atoms with Crippen molar-refractivity contribution in [3.05, 3.63) is 35.4 Å². The number of rotatable bonds is 8. The summed E-state index contributed by atoms with van der Waals surface area (Å²) in [5.74, 6) is 1.61. The molecular weight excluding hydrogens is 296 g/mol. The molecule has 0 bridgehead atoms. The monoisotopic (exact) mass is 330 g/mol. The summed E-state index contributed by atoms with van der Waals surface area (Å²) in [6.45, 7) is 9.88. The highest BCUT2D eigenvalue weighted by Gasteiger charge is 2.11. The lowest BCUT2D eigenvalue weighted by Gasteiger charge is -2.17. The van der Waals surface area contributed by atoms with Crippen molar-refractivity contribution in [1.82, 2.24) is 15.5 Å². The van der Waals surface area contributed by atoms with Crippen molar-refractivity contribution in [3.63, 3.8) is 0 Å². The Balaban J connectivity index is 1.75. The Labute approximate surface area is 147 Å². The number of nitrogens with zero attached hydrogens (tertiary/aromatic N) is 2. The van der Waals surface area contributed by atoms with E-state index >= 15 is 0 Å². The minimum atomic E-state index is 0.716. The van der Waals surface area contributed by atoms with E-state index in [-0.39, 0.29) is 0 Å². The van der Waals surface area contributed by atoms with Gasteiger partial charge >= 0.3 is 0 Å². The van der Waals surface area contributed by atoms with Gasteiger partial charge < -0.3 is 10.6 Å². The molecule has 1 aliphatic rings. The number of hydrogen-bond acceptors (Lipinski definition) is 2. The third-order valence-corrected chi connectivity index (χ3v) is 5.02. The van der Waals surface area contributed by atoms with E-state index in [1.165, 1.54) is 49.9 Å². The number of aliphatic imine (C=N–C) groups is 1. The Hall–Kier alpha value is -1.55. The molecule has 0 aromatic heterocycles. The van der Waals surface area contributed by atoms with Crippen LogP contribution in [0.4, 0.5) is 0 Å². The van der Waals surface area contributed by atoms with E-state index in [0.717, 1.165) is 25.6 Å². The molecule has 4 nitrogen and oxygen atoms in total. The quantitative estimate of drug-likeness (QED) is 0.567. The zero-order valence-corrected chi connectivity index (χ0v) is 15.6. The average molecular weight is 331 g/mol. The topological polar surface area (TPSA) is 39.7 Å². The smallest absolute Gasteiger partial charge is 0.191 e. The maximum Gasteiger partial charge on any atom is 0.191 e. The van der Waals surface area contributed by atoms with Gasteiger partial charge in [0.25, 0.3) is 0 Å². The van der Waals surface area contributed by atoms with Gasteiger partial charge in [-0.3, -0.25) is 9.89 Å². The second-order valence-electron chi connectivity index (χ2n) is 6.79. The molecule has 2 rings (SSSR count). The van der Waals surface area contributed by atoms with Crippen molar-refractivity contribution in [2.24, 2.45) is 10.9 Å². The van der Waals surface area contributed by atoms with Gasteiger partial charge in [-0.05, 0) is 43.0 Å². The van der Waals surface area contributed by atoms with Crippen LogP contribution >= 0.6 is 0 Å². The highest BCUT2D eigenvalue weighted by atomic mass is 15.2. The molecule has 0 unspecified atom stereocenters. The molecule has 134 valence electrons. The SMILES string of the molecule is CCC(CC)CNC(=NC)NCc1ccc(CN2CCCC2)cc1. The maximum atomic E-state index is 4.32. The molecule has 0 aliphatic carbocycles. The Morgan fingerprint density at radius 2 is 1.67 bits per heavy atom. The minimum absolute atomic E-state index is 0.716. The van der Waals surface area contributed by atoms with Gasteiger partial charge in [0.15, 0.2) is 5.96 Å². The van der Waals surface area contributed by atoms with E-state index < -0.39 is 0 Å². The van der Waals surface area contributed by atoms with E-state index in [1.807, 2.05) is 7.05 Å². The molecule has 1 aromatic carbocycles. The first-order chi connectivity index (χ1) is 11.7. The molecule has 1 fully saturated rings. The van der Waals surface area contributed by atoms with Gasteiger partial charge in [0.05, 0.1) is 0 Å². The second kappa shape index (κ2) is 10.3. The lowest BCUT2D eigenvalue weighted by Crippen LogP contribution is -2.39. The molecule has 0 atom stereocenters. The second-order valence-corrected chi connectivity index (χ2v) is 6.79. The van der Waals surface area contributed by atoms with Gasteiger partial charge in [0.2, 0.25) is 0 Å².